The molecule has 0 bridgehead atoms. The Labute approximate surface area is 201 Å². The molecule has 3 aromatic rings. The molecule has 1 aliphatic heterocycles. The predicted molar refractivity (Wildman–Crippen MR) is 132 cm³/mol. The maximum atomic E-state index is 14.4. The lowest BCUT2D eigenvalue weighted by molar-refractivity contribution is 0.0668. The number of hydrogen-bond acceptors (Lipinski definition) is 2. The SMILES string of the molecule is Cc1ccccc1[C@@H]1CN(Cc2ccccc2F)C[C@@H]1CN(C(=O)c1ccc(F)cc1)C(C)C. The first-order valence-electron chi connectivity index (χ1n) is 11.9. The van der Waals surface area contributed by atoms with Crippen molar-refractivity contribution >= 4 is 5.91 Å². The summed E-state index contributed by atoms with van der Waals surface area (Å²) in [6, 6.07) is 21.1. The number of carbonyl (C=O) groups is 1. The first-order chi connectivity index (χ1) is 16.3. The van der Waals surface area contributed by atoms with Crippen LogP contribution in [0.3, 0.4) is 0 Å². The molecular weight excluding hydrogens is 430 g/mol. The smallest absolute Gasteiger partial charge is 0.254 e. The highest BCUT2D eigenvalue weighted by atomic mass is 19.1. The minimum absolute atomic E-state index is 0.00399. The van der Waals surface area contributed by atoms with Crippen LogP contribution in [-0.2, 0) is 6.54 Å². The summed E-state index contributed by atoms with van der Waals surface area (Å²) in [5.41, 5.74) is 3.69. The number of rotatable bonds is 7. The third-order valence-electron chi connectivity index (χ3n) is 6.86. The number of halogens is 2. The summed E-state index contributed by atoms with van der Waals surface area (Å²) in [6.07, 6.45) is 0. The van der Waals surface area contributed by atoms with Crippen molar-refractivity contribution in [3.63, 3.8) is 0 Å². The Morgan fingerprint density at radius 3 is 2.32 bits per heavy atom. The van der Waals surface area contributed by atoms with Gasteiger partial charge in [0.2, 0.25) is 0 Å². The molecule has 3 nitrogen and oxygen atoms in total. The highest BCUT2D eigenvalue weighted by molar-refractivity contribution is 5.94. The second kappa shape index (κ2) is 10.5. The molecule has 34 heavy (non-hydrogen) atoms. The Morgan fingerprint density at radius 1 is 0.971 bits per heavy atom. The zero-order valence-corrected chi connectivity index (χ0v) is 20.0. The third-order valence-corrected chi connectivity index (χ3v) is 6.86. The van der Waals surface area contributed by atoms with Crippen LogP contribution < -0.4 is 0 Å². The van der Waals surface area contributed by atoms with Crippen molar-refractivity contribution in [1.29, 1.82) is 0 Å². The average molecular weight is 463 g/mol. The van der Waals surface area contributed by atoms with Gasteiger partial charge in [-0.25, -0.2) is 8.78 Å². The van der Waals surface area contributed by atoms with Gasteiger partial charge in [-0.05, 0) is 68.1 Å². The highest BCUT2D eigenvalue weighted by Gasteiger charge is 2.37. The number of benzene rings is 3. The Hall–Kier alpha value is -3.05. The second-order valence-electron chi connectivity index (χ2n) is 9.57. The number of likely N-dealkylation sites (tertiary alicyclic amines) is 1. The van der Waals surface area contributed by atoms with E-state index in [2.05, 4.69) is 30.0 Å². The van der Waals surface area contributed by atoms with Crippen LogP contribution in [0.15, 0.2) is 72.8 Å². The normalized spacial score (nSPS) is 18.4. The second-order valence-corrected chi connectivity index (χ2v) is 9.57. The molecule has 1 heterocycles. The van der Waals surface area contributed by atoms with Gasteiger partial charge in [-0.15, -0.1) is 0 Å². The third kappa shape index (κ3) is 5.36. The summed E-state index contributed by atoms with van der Waals surface area (Å²) < 4.78 is 27.8. The van der Waals surface area contributed by atoms with Crippen LogP contribution in [0.4, 0.5) is 8.78 Å². The molecular formula is C29H32F2N2O. The number of amides is 1. The minimum Gasteiger partial charge on any atom is -0.336 e. The highest BCUT2D eigenvalue weighted by Crippen LogP contribution is 2.36. The topological polar surface area (TPSA) is 23.6 Å². The van der Waals surface area contributed by atoms with E-state index in [0.717, 1.165) is 13.1 Å². The molecule has 1 amide bonds. The molecule has 1 saturated heterocycles. The van der Waals surface area contributed by atoms with E-state index in [1.165, 1.54) is 29.3 Å². The fraction of sp³-hybridized carbons (Fsp3) is 0.345. The summed E-state index contributed by atoms with van der Waals surface area (Å²) in [6.45, 7) is 8.84. The molecule has 0 aromatic heterocycles. The van der Waals surface area contributed by atoms with Crippen molar-refractivity contribution in [1.82, 2.24) is 9.80 Å². The molecule has 178 valence electrons. The molecule has 4 rings (SSSR count). The van der Waals surface area contributed by atoms with Crippen LogP contribution in [0.2, 0.25) is 0 Å². The molecule has 1 aliphatic rings. The minimum atomic E-state index is -0.355. The van der Waals surface area contributed by atoms with E-state index in [-0.39, 0.29) is 35.4 Å². The monoisotopic (exact) mass is 462 g/mol. The van der Waals surface area contributed by atoms with Crippen LogP contribution in [0.1, 0.15) is 46.8 Å². The summed E-state index contributed by atoms with van der Waals surface area (Å²) >= 11 is 0. The Bertz CT molecular complexity index is 1130. The van der Waals surface area contributed by atoms with Gasteiger partial charge in [-0.2, -0.15) is 0 Å². The number of nitrogens with zero attached hydrogens (tertiary/aromatic N) is 2. The van der Waals surface area contributed by atoms with E-state index in [1.54, 1.807) is 18.2 Å². The van der Waals surface area contributed by atoms with E-state index in [4.69, 9.17) is 0 Å². The quantitative estimate of drug-likeness (QED) is 0.427. The van der Waals surface area contributed by atoms with E-state index >= 15 is 0 Å². The Morgan fingerprint density at radius 2 is 1.65 bits per heavy atom. The number of aryl methyl sites for hydroxylation is 1. The standard InChI is InChI=1S/C29H32F2N2O/c1-20(2)33(29(34)22-12-14-25(30)15-13-22)18-24-17-32(16-23-9-5-7-11-28(23)31)19-27(24)26-10-6-4-8-21(26)3/h4-15,20,24,27H,16-19H2,1-3H3/t24-,27-/m1/s1. The molecule has 1 fully saturated rings. The Kier molecular flexibility index (Phi) is 7.42. The van der Waals surface area contributed by atoms with E-state index < -0.39 is 0 Å². The van der Waals surface area contributed by atoms with Crippen molar-refractivity contribution in [2.45, 2.75) is 39.3 Å². The van der Waals surface area contributed by atoms with Gasteiger partial charge in [0.1, 0.15) is 11.6 Å². The van der Waals surface area contributed by atoms with Crippen molar-refractivity contribution in [2.75, 3.05) is 19.6 Å². The molecule has 0 radical (unpaired) electrons. The average Bonchev–Trinajstić information content (AvgIpc) is 3.21. The Balaban J connectivity index is 1.60. The van der Waals surface area contributed by atoms with Crippen LogP contribution in [-0.4, -0.2) is 41.4 Å². The van der Waals surface area contributed by atoms with Gasteiger partial charge >= 0.3 is 0 Å². The lowest BCUT2D eigenvalue weighted by Gasteiger charge is -2.32. The van der Waals surface area contributed by atoms with Crippen LogP contribution >= 0.6 is 0 Å². The van der Waals surface area contributed by atoms with Gasteiger partial charge in [0.15, 0.2) is 0 Å². The summed E-state index contributed by atoms with van der Waals surface area (Å²) in [5.74, 6) is -0.207. The predicted octanol–water partition coefficient (Wildman–Crippen LogP) is 6.04. The van der Waals surface area contributed by atoms with Crippen molar-refractivity contribution in [2.24, 2.45) is 5.92 Å². The molecule has 0 N–H and O–H groups in total. The summed E-state index contributed by atoms with van der Waals surface area (Å²) in [5, 5.41) is 0. The zero-order chi connectivity index (χ0) is 24.2. The molecule has 0 unspecified atom stereocenters. The lowest BCUT2D eigenvalue weighted by atomic mass is 9.86. The first-order valence-corrected chi connectivity index (χ1v) is 11.9. The van der Waals surface area contributed by atoms with Crippen molar-refractivity contribution in [3.05, 3.63) is 107 Å². The molecule has 0 aliphatic carbocycles. The number of carbonyl (C=O) groups excluding carboxylic acids is 1. The number of hydrogen-bond donors (Lipinski definition) is 0. The molecule has 5 heteroatoms. The van der Waals surface area contributed by atoms with Gasteiger partial charge in [0, 0.05) is 49.3 Å². The van der Waals surface area contributed by atoms with Crippen molar-refractivity contribution < 1.29 is 13.6 Å². The molecule has 0 spiro atoms. The molecule has 0 saturated carbocycles. The van der Waals surface area contributed by atoms with Gasteiger partial charge in [-0.3, -0.25) is 9.69 Å². The largest absolute Gasteiger partial charge is 0.336 e. The van der Waals surface area contributed by atoms with Gasteiger partial charge in [0.25, 0.3) is 5.91 Å². The van der Waals surface area contributed by atoms with Crippen LogP contribution in [0.5, 0.6) is 0 Å². The fourth-order valence-electron chi connectivity index (χ4n) is 5.04. The fourth-order valence-corrected chi connectivity index (χ4v) is 5.04. The molecule has 3 aromatic carbocycles. The summed E-state index contributed by atoms with van der Waals surface area (Å²) in [4.78, 5) is 17.5. The maximum Gasteiger partial charge on any atom is 0.254 e. The first kappa shape index (κ1) is 24.1. The summed E-state index contributed by atoms with van der Waals surface area (Å²) in [7, 11) is 0. The zero-order valence-electron chi connectivity index (χ0n) is 20.0. The van der Waals surface area contributed by atoms with Crippen molar-refractivity contribution in [3.8, 4) is 0 Å². The maximum absolute atomic E-state index is 14.4. The van der Waals surface area contributed by atoms with Crippen LogP contribution in [0, 0.1) is 24.5 Å². The van der Waals surface area contributed by atoms with E-state index in [0.29, 0.717) is 24.2 Å². The van der Waals surface area contributed by atoms with Gasteiger partial charge < -0.3 is 4.90 Å². The van der Waals surface area contributed by atoms with E-state index in [1.807, 2.05) is 36.9 Å². The molecule has 2 atom stereocenters. The van der Waals surface area contributed by atoms with E-state index in [9.17, 15) is 13.6 Å². The lowest BCUT2D eigenvalue weighted by Crippen LogP contribution is -2.42. The van der Waals surface area contributed by atoms with Gasteiger partial charge in [0.05, 0.1) is 0 Å². The van der Waals surface area contributed by atoms with Gasteiger partial charge in [-0.1, -0.05) is 42.5 Å². The van der Waals surface area contributed by atoms with Crippen LogP contribution in [0.25, 0.3) is 0 Å².